The molecule has 1 unspecified atom stereocenters. The number of rotatable bonds is 3. The minimum atomic E-state index is -1.27. The Morgan fingerprint density at radius 3 is 2.59 bits per heavy atom. The Bertz CT molecular complexity index is 624. The first-order valence-corrected chi connectivity index (χ1v) is 7.79. The van der Waals surface area contributed by atoms with E-state index < -0.39 is 23.2 Å². The van der Waals surface area contributed by atoms with E-state index in [-0.39, 0.29) is 18.0 Å². The standard InChI is InChI=1S/C17H20FNO3/c1-17(16(21)22,12-7-3-2-4-8-12)19-10-11-6-5-9-13(18)14(11)15(19)20/h5-6,9,12H,2-4,7-8,10H2,1H3,(H,21,22). The van der Waals surface area contributed by atoms with E-state index in [1.54, 1.807) is 19.1 Å². The molecule has 22 heavy (non-hydrogen) atoms. The van der Waals surface area contributed by atoms with Gasteiger partial charge in [0.1, 0.15) is 11.4 Å². The first-order chi connectivity index (χ1) is 10.5. The van der Waals surface area contributed by atoms with Crippen LogP contribution in [-0.2, 0) is 11.3 Å². The predicted molar refractivity (Wildman–Crippen MR) is 78.9 cm³/mol. The average molecular weight is 305 g/mol. The molecule has 1 amide bonds. The lowest BCUT2D eigenvalue weighted by atomic mass is 9.74. The minimum absolute atomic E-state index is 0.0331. The van der Waals surface area contributed by atoms with Crippen LogP contribution in [0.4, 0.5) is 4.39 Å². The second-order valence-corrected chi connectivity index (χ2v) is 6.45. The van der Waals surface area contributed by atoms with Crippen molar-refractivity contribution in [2.45, 2.75) is 51.1 Å². The Labute approximate surface area is 128 Å². The van der Waals surface area contributed by atoms with Crippen LogP contribution < -0.4 is 0 Å². The molecule has 0 radical (unpaired) electrons. The first kappa shape index (κ1) is 15.0. The van der Waals surface area contributed by atoms with Gasteiger partial charge in [-0.3, -0.25) is 4.79 Å². The highest BCUT2D eigenvalue weighted by atomic mass is 19.1. The van der Waals surface area contributed by atoms with Crippen LogP contribution in [0.2, 0.25) is 0 Å². The van der Waals surface area contributed by atoms with Gasteiger partial charge in [0, 0.05) is 6.54 Å². The Kier molecular flexibility index (Phi) is 3.67. The van der Waals surface area contributed by atoms with Gasteiger partial charge in [-0.25, -0.2) is 9.18 Å². The number of halogens is 1. The molecule has 3 rings (SSSR count). The van der Waals surface area contributed by atoms with Crippen LogP contribution in [0.1, 0.15) is 54.9 Å². The van der Waals surface area contributed by atoms with E-state index in [0.717, 1.165) is 32.1 Å². The summed E-state index contributed by atoms with van der Waals surface area (Å²) in [5, 5.41) is 9.82. The van der Waals surface area contributed by atoms with Gasteiger partial charge in [-0.1, -0.05) is 31.4 Å². The summed E-state index contributed by atoms with van der Waals surface area (Å²) in [6, 6.07) is 4.50. The summed E-state index contributed by atoms with van der Waals surface area (Å²) in [6.45, 7) is 1.79. The number of benzene rings is 1. The second-order valence-electron chi connectivity index (χ2n) is 6.45. The highest BCUT2D eigenvalue weighted by Gasteiger charge is 2.51. The third kappa shape index (κ3) is 2.11. The van der Waals surface area contributed by atoms with E-state index in [0.29, 0.717) is 5.56 Å². The average Bonchev–Trinajstić information content (AvgIpc) is 2.86. The van der Waals surface area contributed by atoms with E-state index in [2.05, 4.69) is 0 Å². The molecular weight excluding hydrogens is 285 g/mol. The van der Waals surface area contributed by atoms with E-state index >= 15 is 0 Å². The summed E-state index contributed by atoms with van der Waals surface area (Å²) in [6.07, 6.45) is 4.67. The van der Waals surface area contributed by atoms with Crippen LogP contribution in [0, 0.1) is 11.7 Å². The van der Waals surface area contributed by atoms with Crippen LogP contribution >= 0.6 is 0 Å². The molecule has 1 aliphatic carbocycles. The van der Waals surface area contributed by atoms with Gasteiger partial charge in [0.05, 0.1) is 5.56 Å². The lowest BCUT2D eigenvalue weighted by Gasteiger charge is -2.42. The molecule has 0 spiro atoms. The molecular formula is C17H20FNO3. The monoisotopic (exact) mass is 305 g/mol. The fourth-order valence-electron chi connectivity index (χ4n) is 3.87. The van der Waals surface area contributed by atoms with Gasteiger partial charge in [-0.05, 0) is 37.3 Å². The van der Waals surface area contributed by atoms with Crippen molar-refractivity contribution in [1.82, 2.24) is 4.90 Å². The molecule has 0 saturated heterocycles. The lowest BCUT2D eigenvalue weighted by molar-refractivity contribution is -0.153. The number of carbonyl (C=O) groups excluding carboxylic acids is 1. The van der Waals surface area contributed by atoms with Crippen LogP contribution in [0.25, 0.3) is 0 Å². The quantitative estimate of drug-likeness (QED) is 0.933. The Morgan fingerprint density at radius 1 is 1.32 bits per heavy atom. The van der Waals surface area contributed by atoms with Crippen molar-refractivity contribution in [2.75, 3.05) is 0 Å². The third-order valence-electron chi connectivity index (χ3n) is 5.28. The second kappa shape index (κ2) is 5.38. The molecule has 1 aromatic rings. The maximum atomic E-state index is 14.0. The van der Waals surface area contributed by atoms with Crippen LogP contribution in [0.3, 0.4) is 0 Å². The molecule has 1 fully saturated rings. The van der Waals surface area contributed by atoms with E-state index in [1.807, 2.05) is 0 Å². The number of hydrogen-bond donors (Lipinski definition) is 1. The van der Waals surface area contributed by atoms with Gasteiger partial charge in [0.25, 0.3) is 5.91 Å². The molecule has 5 heteroatoms. The van der Waals surface area contributed by atoms with Crippen molar-refractivity contribution in [2.24, 2.45) is 5.92 Å². The number of nitrogens with zero attached hydrogens (tertiary/aromatic N) is 1. The number of hydrogen-bond acceptors (Lipinski definition) is 2. The van der Waals surface area contributed by atoms with Gasteiger partial charge < -0.3 is 10.0 Å². The SMILES string of the molecule is CC(C(=O)O)(C1CCCCC1)N1Cc2cccc(F)c2C1=O. The van der Waals surface area contributed by atoms with E-state index in [1.165, 1.54) is 11.0 Å². The predicted octanol–water partition coefficient (Wildman–Crippen LogP) is 3.21. The number of carbonyl (C=O) groups is 2. The molecule has 4 nitrogen and oxygen atoms in total. The first-order valence-electron chi connectivity index (χ1n) is 7.79. The Hall–Kier alpha value is -1.91. The molecule has 1 saturated carbocycles. The van der Waals surface area contributed by atoms with Crippen molar-refractivity contribution in [3.8, 4) is 0 Å². The van der Waals surface area contributed by atoms with Crippen molar-refractivity contribution < 1.29 is 19.1 Å². The molecule has 2 aliphatic rings. The molecule has 0 aromatic heterocycles. The topological polar surface area (TPSA) is 57.6 Å². The largest absolute Gasteiger partial charge is 0.479 e. The van der Waals surface area contributed by atoms with Gasteiger partial charge >= 0.3 is 5.97 Å². The van der Waals surface area contributed by atoms with Gasteiger partial charge in [0.2, 0.25) is 0 Å². The zero-order valence-corrected chi connectivity index (χ0v) is 12.6. The maximum Gasteiger partial charge on any atom is 0.329 e. The number of aliphatic carboxylic acids is 1. The van der Waals surface area contributed by atoms with Crippen molar-refractivity contribution in [1.29, 1.82) is 0 Å². The Morgan fingerprint density at radius 2 is 2.00 bits per heavy atom. The normalized spacial score (nSPS) is 21.5. The molecule has 1 aliphatic heterocycles. The van der Waals surface area contributed by atoms with Gasteiger partial charge in [-0.2, -0.15) is 0 Å². The summed E-state index contributed by atoms with van der Waals surface area (Å²) in [4.78, 5) is 26.0. The van der Waals surface area contributed by atoms with Crippen LogP contribution in [0.5, 0.6) is 0 Å². The molecule has 0 bridgehead atoms. The summed E-state index contributed by atoms with van der Waals surface area (Å²) in [5.41, 5.74) is -0.665. The lowest BCUT2D eigenvalue weighted by Crippen LogP contribution is -2.57. The zero-order chi connectivity index (χ0) is 15.9. The van der Waals surface area contributed by atoms with Crippen LogP contribution in [0.15, 0.2) is 18.2 Å². The number of carboxylic acids is 1. The highest BCUT2D eigenvalue weighted by molar-refractivity contribution is 6.01. The summed E-state index contributed by atoms with van der Waals surface area (Å²) < 4.78 is 14.0. The molecule has 1 atom stereocenters. The van der Waals surface area contributed by atoms with Crippen LogP contribution in [-0.4, -0.2) is 27.4 Å². The molecule has 118 valence electrons. The summed E-state index contributed by atoms with van der Waals surface area (Å²) in [7, 11) is 0. The zero-order valence-electron chi connectivity index (χ0n) is 12.6. The Balaban J connectivity index is 1.99. The minimum Gasteiger partial charge on any atom is -0.479 e. The van der Waals surface area contributed by atoms with Gasteiger partial charge in [-0.15, -0.1) is 0 Å². The number of amides is 1. The fraction of sp³-hybridized carbons (Fsp3) is 0.529. The smallest absolute Gasteiger partial charge is 0.329 e. The molecule has 1 aromatic carbocycles. The van der Waals surface area contributed by atoms with Crippen molar-refractivity contribution in [3.63, 3.8) is 0 Å². The van der Waals surface area contributed by atoms with Gasteiger partial charge in [0.15, 0.2) is 0 Å². The van der Waals surface area contributed by atoms with E-state index in [9.17, 15) is 19.1 Å². The number of fused-ring (bicyclic) bond motifs is 1. The highest BCUT2D eigenvalue weighted by Crippen LogP contribution is 2.41. The summed E-state index contributed by atoms with van der Waals surface area (Å²) in [5.74, 6) is -2.15. The van der Waals surface area contributed by atoms with E-state index in [4.69, 9.17) is 0 Å². The number of carboxylic acid groups (broad SMARTS) is 1. The molecule has 1 N–H and O–H groups in total. The fourth-order valence-corrected chi connectivity index (χ4v) is 3.87. The van der Waals surface area contributed by atoms with Crippen molar-refractivity contribution in [3.05, 3.63) is 35.1 Å². The van der Waals surface area contributed by atoms with Crippen molar-refractivity contribution >= 4 is 11.9 Å². The summed E-state index contributed by atoms with van der Waals surface area (Å²) >= 11 is 0. The molecule has 1 heterocycles. The third-order valence-corrected chi connectivity index (χ3v) is 5.28. The maximum absolute atomic E-state index is 14.0.